The number of nitrogens with zero attached hydrogens (tertiary/aromatic N) is 3. The van der Waals surface area contributed by atoms with E-state index in [0.717, 1.165) is 6.20 Å². The van der Waals surface area contributed by atoms with Crippen LogP contribution in [0.3, 0.4) is 0 Å². The second-order valence-corrected chi connectivity index (χ2v) is 3.09. The number of nitrogens with two attached hydrogens (primary N) is 1. The number of aromatic amines is 1. The number of rotatable bonds is 1. The minimum atomic E-state index is -0.499. The van der Waals surface area contributed by atoms with Gasteiger partial charge in [0.1, 0.15) is 5.82 Å². The molecule has 0 amide bonds. The van der Waals surface area contributed by atoms with Gasteiger partial charge in [-0.2, -0.15) is 4.98 Å². The summed E-state index contributed by atoms with van der Waals surface area (Å²) in [5.41, 5.74) is 5.69. The van der Waals surface area contributed by atoms with Crippen molar-refractivity contribution in [3.8, 4) is 11.4 Å². The molecule has 0 radical (unpaired) electrons. The molecule has 0 aliphatic heterocycles. The summed E-state index contributed by atoms with van der Waals surface area (Å²) in [5.74, 6) is -0.158. The molecule has 2 aromatic rings. The van der Waals surface area contributed by atoms with E-state index in [4.69, 9.17) is 18.0 Å². The molecule has 0 spiro atoms. The van der Waals surface area contributed by atoms with Gasteiger partial charge in [-0.1, -0.05) is 0 Å². The molecule has 0 aliphatic carbocycles. The second-order valence-electron chi connectivity index (χ2n) is 2.72. The van der Waals surface area contributed by atoms with Crippen LogP contribution in [0.4, 0.5) is 10.3 Å². The lowest BCUT2D eigenvalue weighted by Crippen LogP contribution is -2.00. The molecular weight excluding hydrogens is 217 g/mol. The Bertz CT molecular complexity index is 553. The molecular formula is C8H6FN5S. The lowest BCUT2D eigenvalue weighted by molar-refractivity contribution is 0.623. The molecule has 7 heteroatoms. The minimum Gasteiger partial charge on any atom is -0.369 e. The van der Waals surface area contributed by atoms with Crippen molar-refractivity contribution in [2.45, 2.75) is 0 Å². The molecule has 0 aromatic carbocycles. The summed E-state index contributed by atoms with van der Waals surface area (Å²) in [6.45, 7) is 0. The summed E-state index contributed by atoms with van der Waals surface area (Å²) in [4.78, 5) is 13.8. The molecule has 2 aromatic heterocycles. The van der Waals surface area contributed by atoms with E-state index in [1.807, 2.05) is 0 Å². The highest BCUT2D eigenvalue weighted by atomic mass is 32.1. The molecule has 76 valence electrons. The zero-order valence-corrected chi connectivity index (χ0v) is 8.25. The number of H-pyrrole nitrogens is 1. The van der Waals surface area contributed by atoms with Crippen molar-refractivity contribution in [2.75, 3.05) is 5.73 Å². The molecule has 2 rings (SSSR count). The van der Waals surface area contributed by atoms with Crippen molar-refractivity contribution in [1.29, 1.82) is 0 Å². The first-order valence-corrected chi connectivity index (χ1v) is 4.41. The summed E-state index contributed by atoms with van der Waals surface area (Å²) in [7, 11) is 0. The molecule has 0 fully saturated rings. The van der Waals surface area contributed by atoms with E-state index in [-0.39, 0.29) is 22.1 Å². The summed E-state index contributed by atoms with van der Waals surface area (Å²) in [6, 6.07) is 1.47. The van der Waals surface area contributed by atoms with Gasteiger partial charge in [0, 0.05) is 6.20 Å². The fourth-order valence-electron chi connectivity index (χ4n) is 1.10. The van der Waals surface area contributed by atoms with Gasteiger partial charge in [-0.3, -0.25) is 4.98 Å². The van der Waals surface area contributed by atoms with E-state index in [1.165, 1.54) is 12.3 Å². The molecule has 0 saturated heterocycles. The SMILES string of the molecule is Nc1nc(=S)nc(-c2ccncc2F)[nH]1. The fraction of sp³-hybridized carbons (Fsp3) is 0. The van der Waals surface area contributed by atoms with E-state index < -0.39 is 5.82 Å². The molecule has 0 atom stereocenters. The monoisotopic (exact) mass is 223 g/mol. The van der Waals surface area contributed by atoms with Crippen molar-refractivity contribution < 1.29 is 4.39 Å². The third-order valence-corrected chi connectivity index (χ3v) is 1.88. The first-order chi connectivity index (χ1) is 7.16. The number of anilines is 1. The Morgan fingerprint density at radius 1 is 1.40 bits per heavy atom. The van der Waals surface area contributed by atoms with Gasteiger partial charge >= 0.3 is 0 Å². The van der Waals surface area contributed by atoms with Gasteiger partial charge in [-0.25, -0.2) is 9.37 Å². The zero-order chi connectivity index (χ0) is 10.8. The van der Waals surface area contributed by atoms with Crippen LogP contribution in [0.2, 0.25) is 0 Å². The number of pyridine rings is 1. The van der Waals surface area contributed by atoms with E-state index in [9.17, 15) is 4.39 Å². The van der Waals surface area contributed by atoms with E-state index in [0.29, 0.717) is 0 Å². The van der Waals surface area contributed by atoms with Gasteiger partial charge in [0.15, 0.2) is 5.82 Å². The van der Waals surface area contributed by atoms with Crippen LogP contribution in [0, 0.1) is 10.6 Å². The lowest BCUT2D eigenvalue weighted by Gasteiger charge is -2.02. The van der Waals surface area contributed by atoms with E-state index >= 15 is 0 Å². The van der Waals surface area contributed by atoms with Crippen molar-refractivity contribution >= 4 is 18.2 Å². The molecule has 0 saturated carbocycles. The largest absolute Gasteiger partial charge is 0.369 e. The maximum Gasteiger partial charge on any atom is 0.224 e. The number of hydrogen-bond acceptors (Lipinski definition) is 5. The quantitative estimate of drug-likeness (QED) is 0.712. The van der Waals surface area contributed by atoms with Gasteiger partial charge in [0.25, 0.3) is 0 Å². The third-order valence-electron chi connectivity index (χ3n) is 1.70. The van der Waals surface area contributed by atoms with Crippen LogP contribution in [0.15, 0.2) is 18.5 Å². The van der Waals surface area contributed by atoms with E-state index in [1.54, 1.807) is 0 Å². The van der Waals surface area contributed by atoms with Crippen LogP contribution < -0.4 is 5.73 Å². The number of hydrogen-bond donors (Lipinski definition) is 2. The van der Waals surface area contributed by atoms with Gasteiger partial charge < -0.3 is 10.7 Å². The lowest BCUT2D eigenvalue weighted by atomic mass is 10.2. The third kappa shape index (κ3) is 1.96. The Balaban J connectivity index is 2.64. The van der Waals surface area contributed by atoms with Crippen molar-refractivity contribution in [3.63, 3.8) is 0 Å². The fourth-order valence-corrected chi connectivity index (χ4v) is 1.29. The summed E-state index contributed by atoms with van der Waals surface area (Å²) < 4.78 is 13.4. The maximum atomic E-state index is 13.3. The molecule has 0 unspecified atom stereocenters. The van der Waals surface area contributed by atoms with Crippen LogP contribution in [0.25, 0.3) is 11.4 Å². The maximum absolute atomic E-state index is 13.3. The highest BCUT2D eigenvalue weighted by molar-refractivity contribution is 7.71. The Morgan fingerprint density at radius 3 is 2.87 bits per heavy atom. The average Bonchev–Trinajstić information content (AvgIpc) is 2.16. The van der Waals surface area contributed by atoms with Gasteiger partial charge in [0.05, 0.1) is 11.8 Å². The Hall–Kier alpha value is -1.89. The van der Waals surface area contributed by atoms with E-state index in [2.05, 4.69) is 19.9 Å². The number of aromatic nitrogens is 4. The zero-order valence-electron chi connectivity index (χ0n) is 7.44. The van der Waals surface area contributed by atoms with Gasteiger partial charge in [0.2, 0.25) is 10.7 Å². The van der Waals surface area contributed by atoms with Crippen molar-refractivity contribution in [3.05, 3.63) is 29.0 Å². The van der Waals surface area contributed by atoms with Crippen LogP contribution in [-0.2, 0) is 0 Å². The predicted octanol–water partition coefficient (Wildman–Crippen LogP) is 1.32. The Labute approximate surface area is 89.2 Å². The summed E-state index contributed by atoms with van der Waals surface area (Å²) in [6.07, 6.45) is 2.54. The number of nitrogen functional groups attached to an aromatic ring is 1. The van der Waals surface area contributed by atoms with Crippen LogP contribution in [-0.4, -0.2) is 19.9 Å². The Kier molecular flexibility index (Phi) is 2.38. The molecule has 5 nitrogen and oxygen atoms in total. The van der Waals surface area contributed by atoms with Gasteiger partial charge in [-0.15, -0.1) is 0 Å². The smallest absolute Gasteiger partial charge is 0.224 e. The normalized spacial score (nSPS) is 10.2. The molecule has 2 heterocycles. The standard InChI is InChI=1S/C8H6FN5S/c9-5-3-11-2-1-4(5)6-12-7(10)14-8(15)13-6/h1-3H,(H3,10,12,13,14,15). The Morgan fingerprint density at radius 2 is 2.20 bits per heavy atom. The topological polar surface area (TPSA) is 80.5 Å². The van der Waals surface area contributed by atoms with Crippen molar-refractivity contribution in [2.24, 2.45) is 0 Å². The molecule has 3 N–H and O–H groups in total. The van der Waals surface area contributed by atoms with Crippen LogP contribution >= 0.6 is 12.2 Å². The molecule has 0 aliphatic rings. The molecule has 15 heavy (non-hydrogen) atoms. The highest BCUT2D eigenvalue weighted by Crippen LogP contribution is 2.17. The summed E-state index contributed by atoms with van der Waals surface area (Å²) >= 11 is 4.77. The van der Waals surface area contributed by atoms with Crippen LogP contribution in [0.5, 0.6) is 0 Å². The highest BCUT2D eigenvalue weighted by Gasteiger charge is 2.07. The van der Waals surface area contributed by atoms with Crippen LogP contribution in [0.1, 0.15) is 0 Å². The first kappa shape index (κ1) is 9.66. The summed E-state index contributed by atoms with van der Waals surface area (Å²) in [5, 5.41) is 0. The van der Waals surface area contributed by atoms with Crippen molar-refractivity contribution in [1.82, 2.24) is 19.9 Å². The first-order valence-electron chi connectivity index (χ1n) is 4.00. The minimum absolute atomic E-state index is 0.0671. The number of nitrogens with one attached hydrogen (secondary N) is 1. The predicted molar refractivity (Wildman–Crippen MR) is 54.8 cm³/mol. The number of halogens is 1. The van der Waals surface area contributed by atoms with Gasteiger partial charge in [-0.05, 0) is 18.3 Å². The second kappa shape index (κ2) is 3.70. The molecule has 0 bridgehead atoms. The average molecular weight is 223 g/mol.